The predicted molar refractivity (Wildman–Crippen MR) is 98.5 cm³/mol. The zero-order chi connectivity index (χ0) is 17.1. The first-order valence-electron chi connectivity index (χ1n) is 9.39. The molecule has 3 heterocycles. The molecule has 2 aromatic rings. The molecule has 0 bridgehead atoms. The highest BCUT2D eigenvalue weighted by atomic mass is 16.5. The Bertz CT molecular complexity index is 693. The van der Waals surface area contributed by atoms with Crippen LogP contribution in [0.4, 0.5) is 0 Å². The fourth-order valence-electron chi connectivity index (χ4n) is 4.26. The van der Waals surface area contributed by atoms with Crippen molar-refractivity contribution in [3.8, 4) is 5.75 Å². The SMILES string of the molecule is COc1ccccc1CN1Cc2ccnn2C[C@H](CN2CCCC2)C1. The predicted octanol–water partition coefficient (Wildman–Crippen LogP) is 2.62. The van der Waals surface area contributed by atoms with Crippen LogP contribution >= 0.6 is 0 Å². The zero-order valence-corrected chi connectivity index (χ0v) is 15.1. The molecule has 4 rings (SSSR count). The largest absolute Gasteiger partial charge is 0.496 e. The third-order valence-electron chi connectivity index (χ3n) is 5.44. The van der Waals surface area contributed by atoms with E-state index in [-0.39, 0.29) is 0 Å². The van der Waals surface area contributed by atoms with Crippen molar-refractivity contribution in [3.63, 3.8) is 0 Å². The normalized spacial score (nSPS) is 21.9. The average Bonchev–Trinajstić information content (AvgIpc) is 3.25. The van der Waals surface area contributed by atoms with Crippen LogP contribution in [0.1, 0.15) is 24.1 Å². The van der Waals surface area contributed by atoms with Crippen molar-refractivity contribution in [1.82, 2.24) is 19.6 Å². The van der Waals surface area contributed by atoms with Crippen molar-refractivity contribution in [1.29, 1.82) is 0 Å². The fraction of sp³-hybridized carbons (Fsp3) is 0.550. The molecule has 2 aliphatic heterocycles. The quantitative estimate of drug-likeness (QED) is 0.838. The molecule has 0 amide bonds. The summed E-state index contributed by atoms with van der Waals surface area (Å²) in [4.78, 5) is 5.18. The maximum Gasteiger partial charge on any atom is 0.123 e. The number of hydrogen-bond donors (Lipinski definition) is 0. The molecule has 134 valence electrons. The summed E-state index contributed by atoms with van der Waals surface area (Å²) >= 11 is 0. The topological polar surface area (TPSA) is 33.5 Å². The standard InChI is InChI=1S/C20H28N4O/c1-25-20-7-3-2-6-18(20)15-23-13-17(12-22-10-4-5-11-22)14-24-19(16-23)8-9-21-24/h2-3,6-9,17H,4-5,10-16H2,1H3/t17-/m1/s1. The van der Waals surface area contributed by atoms with E-state index in [1.807, 2.05) is 12.3 Å². The summed E-state index contributed by atoms with van der Waals surface area (Å²) in [6, 6.07) is 10.5. The van der Waals surface area contributed by atoms with Gasteiger partial charge in [-0.2, -0.15) is 5.10 Å². The zero-order valence-electron chi connectivity index (χ0n) is 15.1. The van der Waals surface area contributed by atoms with Crippen LogP contribution in [0.3, 0.4) is 0 Å². The number of ether oxygens (including phenoxy) is 1. The van der Waals surface area contributed by atoms with Gasteiger partial charge in [0.15, 0.2) is 0 Å². The van der Waals surface area contributed by atoms with E-state index in [2.05, 4.69) is 43.8 Å². The third-order valence-corrected chi connectivity index (χ3v) is 5.44. The summed E-state index contributed by atoms with van der Waals surface area (Å²) in [5.41, 5.74) is 2.58. The summed E-state index contributed by atoms with van der Waals surface area (Å²) in [5, 5.41) is 4.56. The second-order valence-electron chi connectivity index (χ2n) is 7.36. The van der Waals surface area contributed by atoms with Crippen molar-refractivity contribution in [3.05, 3.63) is 47.8 Å². The van der Waals surface area contributed by atoms with E-state index < -0.39 is 0 Å². The average molecular weight is 340 g/mol. The minimum Gasteiger partial charge on any atom is -0.496 e. The summed E-state index contributed by atoms with van der Waals surface area (Å²) in [7, 11) is 1.76. The molecule has 0 N–H and O–H groups in total. The molecular formula is C20H28N4O. The number of likely N-dealkylation sites (tertiary alicyclic amines) is 1. The van der Waals surface area contributed by atoms with Crippen LogP contribution in [0.25, 0.3) is 0 Å². The number of para-hydroxylation sites is 1. The van der Waals surface area contributed by atoms with Crippen LogP contribution in [-0.2, 0) is 19.6 Å². The molecule has 2 aliphatic rings. The number of methoxy groups -OCH3 is 1. The Labute approximate surface area is 150 Å². The molecule has 0 radical (unpaired) electrons. The van der Waals surface area contributed by atoms with E-state index in [0.29, 0.717) is 5.92 Å². The van der Waals surface area contributed by atoms with Crippen LogP contribution in [0, 0.1) is 5.92 Å². The minimum absolute atomic E-state index is 0.619. The summed E-state index contributed by atoms with van der Waals surface area (Å²) < 4.78 is 7.77. The molecular weight excluding hydrogens is 312 g/mol. The van der Waals surface area contributed by atoms with Crippen molar-refractivity contribution < 1.29 is 4.74 Å². The van der Waals surface area contributed by atoms with E-state index >= 15 is 0 Å². The summed E-state index contributed by atoms with van der Waals surface area (Å²) in [6.07, 6.45) is 4.64. The molecule has 0 aliphatic carbocycles. The summed E-state index contributed by atoms with van der Waals surface area (Å²) in [5.74, 6) is 1.60. The van der Waals surface area contributed by atoms with Crippen molar-refractivity contribution in [2.75, 3.05) is 33.3 Å². The fourth-order valence-corrected chi connectivity index (χ4v) is 4.26. The van der Waals surface area contributed by atoms with Crippen LogP contribution in [-0.4, -0.2) is 52.9 Å². The van der Waals surface area contributed by atoms with Gasteiger partial charge in [-0.1, -0.05) is 18.2 Å². The summed E-state index contributed by atoms with van der Waals surface area (Å²) in [6.45, 7) is 7.71. The maximum absolute atomic E-state index is 5.55. The van der Waals surface area contributed by atoms with Gasteiger partial charge < -0.3 is 9.64 Å². The number of fused-ring (bicyclic) bond motifs is 1. The van der Waals surface area contributed by atoms with Gasteiger partial charge in [0.05, 0.1) is 12.8 Å². The number of hydrogen-bond acceptors (Lipinski definition) is 4. The van der Waals surface area contributed by atoms with E-state index in [1.165, 1.54) is 43.7 Å². The minimum atomic E-state index is 0.619. The molecule has 1 saturated heterocycles. The molecule has 0 spiro atoms. The molecule has 1 atom stereocenters. The van der Waals surface area contributed by atoms with Gasteiger partial charge in [0, 0.05) is 50.4 Å². The Kier molecular flexibility index (Phi) is 5.04. The lowest BCUT2D eigenvalue weighted by molar-refractivity contribution is 0.180. The van der Waals surface area contributed by atoms with Gasteiger partial charge >= 0.3 is 0 Å². The Morgan fingerprint density at radius 2 is 1.92 bits per heavy atom. The number of benzene rings is 1. The van der Waals surface area contributed by atoms with Crippen LogP contribution in [0.2, 0.25) is 0 Å². The number of rotatable bonds is 5. The highest BCUT2D eigenvalue weighted by molar-refractivity contribution is 5.33. The van der Waals surface area contributed by atoms with Gasteiger partial charge in [-0.3, -0.25) is 9.58 Å². The molecule has 5 nitrogen and oxygen atoms in total. The first-order valence-corrected chi connectivity index (χ1v) is 9.39. The van der Waals surface area contributed by atoms with Gasteiger partial charge in [0.25, 0.3) is 0 Å². The van der Waals surface area contributed by atoms with Gasteiger partial charge in [-0.25, -0.2) is 0 Å². The van der Waals surface area contributed by atoms with Gasteiger partial charge in [-0.05, 0) is 38.1 Å². The molecule has 0 unspecified atom stereocenters. The van der Waals surface area contributed by atoms with E-state index in [0.717, 1.165) is 31.9 Å². The smallest absolute Gasteiger partial charge is 0.123 e. The molecule has 5 heteroatoms. The molecule has 0 saturated carbocycles. The monoisotopic (exact) mass is 340 g/mol. The van der Waals surface area contributed by atoms with Gasteiger partial charge in [0.2, 0.25) is 0 Å². The van der Waals surface area contributed by atoms with Crippen LogP contribution in [0.15, 0.2) is 36.5 Å². The maximum atomic E-state index is 5.55. The lowest BCUT2D eigenvalue weighted by Gasteiger charge is -2.27. The number of aromatic nitrogens is 2. The molecule has 25 heavy (non-hydrogen) atoms. The first-order chi connectivity index (χ1) is 12.3. The van der Waals surface area contributed by atoms with Crippen molar-refractivity contribution >= 4 is 0 Å². The Balaban J connectivity index is 1.52. The highest BCUT2D eigenvalue weighted by Crippen LogP contribution is 2.24. The Morgan fingerprint density at radius 1 is 1.08 bits per heavy atom. The lowest BCUT2D eigenvalue weighted by atomic mass is 10.1. The highest BCUT2D eigenvalue weighted by Gasteiger charge is 2.25. The molecule has 1 aromatic carbocycles. The second-order valence-corrected chi connectivity index (χ2v) is 7.36. The van der Waals surface area contributed by atoms with Gasteiger partial charge in [-0.15, -0.1) is 0 Å². The van der Waals surface area contributed by atoms with Crippen LogP contribution < -0.4 is 4.74 Å². The lowest BCUT2D eigenvalue weighted by Crippen LogP contribution is -2.35. The van der Waals surface area contributed by atoms with Gasteiger partial charge in [0.1, 0.15) is 5.75 Å². The Hall–Kier alpha value is -1.85. The third kappa shape index (κ3) is 3.88. The Morgan fingerprint density at radius 3 is 2.76 bits per heavy atom. The van der Waals surface area contributed by atoms with Crippen LogP contribution in [0.5, 0.6) is 5.75 Å². The van der Waals surface area contributed by atoms with E-state index in [4.69, 9.17) is 4.74 Å². The second kappa shape index (κ2) is 7.58. The molecule has 1 aromatic heterocycles. The van der Waals surface area contributed by atoms with E-state index in [1.54, 1.807) is 7.11 Å². The first kappa shape index (κ1) is 16.6. The van der Waals surface area contributed by atoms with Crippen molar-refractivity contribution in [2.45, 2.75) is 32.5 Å². The van der Waals surface area contributed by atoms with E-state index in [9.17, 15) is 0 Å². The number of nitrogens with zero attached hydrogens (tertiary/aromatic N) is 4. The van der Waals surface area contributed by atoms with Crippen molar-refractivity contribution in [2.24, 2.45) is 5.92 Å². The molecule has 1 fully saturated rings.